The van der Waals surface area contributed by atoms with Crippen LogP contribution in [-0.2, 0) is 16.1 Å². The number of carbonyl (C=O) groups is 1. The van der Waals surface area contributed by atoms with Gasteiger partial charge in [-0.15, -0.1) is 10.2 Å². The smallest absolute Gasteiger partial charge is 0.268 e. The molecule has 0 radical (unpaired) electrons. The number of carbonyl (C=O) groups excluding carboxylic acids is 1. The average Bonchev–Trinajstić information content (AvgIpc) is 3.29. The third-order valence-electron chi connectivity index (χ3n) is 3.73. The van der Waals surface area contributed by atoms with Crippen LogP contribution in [0.2, 0.25) is 0 Å². The third-order valence-corrected chi connectivity index (χ3v) is 5.73. The highest BCUT2D eigenvalue weighted by atomic mass is 32.1. The summed E-state index contributed by atoms with van der Waals surface area (Å²) >= 11 is 2.59. The Hall–Kier alpha value is -2.10. The van der Waals surface area contributed by atoms with Crippen molar-refractivity contribution in [1.82, 2.24) is 14.2 Å². The number of amides is 1. The quantitative estimate of drug-likeness (QED) is 0.770. The number of anilines is 1. The van der Waals surface area contributed by atoms with Gasteiger partial charge in [-0.25, -0.2) is 0 Å². The fourth-order valence-electron chi connectivity index (χ4n) is 2.60. The van der Waals surface area contributed by atoms with E-state index < -0.39 is 0 Å². The molecule has 124 valence electrons. The van der Waals surface area contributed by atoms with Gasteiger partial charge in [0.25, 0.3) is 5.56 Å². The van der Waals surface area contributed by atoms with Gasteiger partial charge in [-0.3, -0.25) is 18.9 Å². The minimum atomic E-state index is -0.293. The summed E-state index contributed by atoms with van der Waals surface area (Å²) in [6.07, 6.45) is 1.93. The summed E-state index contributed by atoms with van der Waals surface area (Å²) in [4.78, 5) is 24.4. The number of benzene rings is 1. The van der Waals surface area contributed by atoms with Crippen LogP contribution in [0.15, 0.2) is 29.1 Å². The normalized spacial score (nSPS) is 17.4. The summed E-state index contributed by atoms with van der Waals surface area (Å²) in [6, 6.07) is 7.32. The Morgan fingerprint density at radius 1 is 1.38 bits per heavy atom. The van der Waals surface area contributed by atoms with Crippen LogP contribution in [0, 0.1) is 0 Å². The number of hydrogen-bond acceptors (Lipinski definition) is 7. The fraction of sp³-hybridized carbons (Fsp3) is 0.333. The lowest BCUT2D eigenvalue weighted by molar-refractivity contribution is -0.116. The summed E-state index contributed by atoms with van der Waals surface area (Å²) in [5.74, 6) is -0.293. The Labute approximate surface area is 145 Å². The average molecular weight is 362 g/mol. The zero-order chi connectivity index (χ0) is 16.5. The van der Waals surface area contributed by atoms with Gasteiger partial charge < -0.3 is 4.74 Å². The summed E-state index contributed by atoms with van der Waals surface area (Å²) < 4.78 is 7.87. The second-order valence-electron chi connectivity index (χ2n) is 5.42. The Bertz CT molecular complexity index is 939. The molecule has 7 nitrogen and oxygen atoms in total. The van der Waals surface area contributed by atoms with Gasteiger partial charge in [-0.1, -0.05) is 35.0 Å². The van der Waals surface area contributed by atoms with E-state index in [0.29, 0.717) is 10.5 Å². The molecule has 4 rings (SSSR count). The van der Waals surface area contributed by atoms with Crippen LogP contribution in [0.3, 0.4) is 0 Å². The molecule has 1 aliphatic rings. The predicted molar refractivity (Wildman–Crippen MR) is 92.6 cm³/mol. The maximum absolute atomic E-state index is 12.2. The second kappa shape index (κ2) is 6.42. The molecule has 3 heterocycles. The van der Waals surface area contributed by atoms with Gasteiger partial charge >= 0.3 is 0 Å². The summed E-state index contributed by atoms with van der Waals surface area (Å²) in [7, 11) is 0. The van der Waals surface area contributed by atoms with Gasteiger partial charge in [0.2, 0.25) is 11.0 Å². The summed E-state index contributed by atoms with van der Waals surface area (Å²) in [5, 5.41) is 12.6. The maximum Gasteiger partial charge on any atom is 0.268 e. The first-order valence-electron chi connectivity index (χ1n) is 7.54. The van der Waals surface area contributed by atoms with E-state index in [-0.39, 0.29) is 24.1 Å². The zero-order valence-electron chi connectivity index (χ0n) is 12.6. The topological polar surface area (TPSA) is 86.1 Å². The van der Waals surface area contributed by atoms with Gasteiger partial charge in [-0.05, 0) is 25.0 Å². The lowest BCUT2D eigenvalue weighted by Gasteiger charge is -2.02. The first-order chi connectivity index (χ1) is 11.7. The van der Waals surface area contributed by atoms with Crippen molar-refractivity contribution in [2.45, 2.75) is 25.5 Å². The van der Waals surface area contributed by atoms with E-state index in [1.54, 1.807) is 6.07 Å². The molecule has 24 heavy (non-hydrogen) atoms. The number of ether oxygens (including phenoxy) is 1. The van der Waals surface area contributed by atoms with Gasteiger partial charge in [0.15, 0.2) is 0 Å². The molecule has 1 aliphatic heterocycles. The molecule has 1 fully saturated rings. The first kappa shape index (κ1) is 15.4. The van der Waals surface area contributed by atoms with Crippen LogP contribution in [-0.4, -0.2) is 26.7 Å². The van der Waals surface area contributed by atoms with Crippen molar-refractivity contribution >= 4 is 44.0 Å². The van der Waals surface area contributed by atoms with Crippen LogP contribution in [0.25, 0.3) is 10.1 Å². The lowest BCUT2D eigenvalue weighted by Crippen LogP contribution is -2.23. The van der Waals surface area contributed by atoms with Crippen LogP contribution < -0.4 is 10.9 Å². The molecule has 3 aromatic rings. The van der Waals surface area contributed by atoms with E-state index in [4.69, 9.17) is 4.74 Å². The van der Waals surface area contributed by atoms with E-state index in [0.717, 1.165) is 29.2 Å². The third kappa shape index (κ3) is 2.97. The number of hydrogen-bond donors (Lipinski definition) is 1. The van der Waals surface area contributed by atoms with Crippen LogP contribution >= 0.6 is 22.9 Å². The molecular weight excluding hydrogens is 348 g/mol. The Balaban J connectivity index is 1.46. The summed E-state index contributed by atoms with van der Waals surface area (Å²) in [5.41, 5.74) is -0.150. The molecule has 0 unspecified atom stereocenters. The number of rotatable bonds is 4. The molecule has 0 bridgehead atoms. The standard InChI is InChI=1S/C15H14N4O3S2/c20-12(8-19-14(21)9-4-1-2-6-11(9)24-19)16-15-18-17-13(23-15)10-5-3-7-22-10/h1-2,4,6,10H,3,5,7-8H2,(H,16,18,20)/t10-/m0/s1. The minimum Gasteiger partial charge on any atom is -0.371 e. The molecule has 2 aromatic heterocycles. The number of fused-ring (bicyclic) bond motifs is 1. The molecular formula is C15H14N4O3S2. The van der Waals surface area contributed by atoms with Gasteiger partial charge in [0.05, 0.1) is 10.1 Å². The van der Waals surface area contributed by atoms with Crippen molar-refractivity contribution in [2.75, 3.05) is 11.9 Å². The van der Waals surface area contributed by atoms with E-state index in [9.17, 15) is 9.59 Å². The monoisotopic (exact) mass is 362 g/mol. The molecule has 1 amide bonds. The lowest BCUT2D eigenvalue weighted by atomic mass is 10.2. The number of nitrogens with one attached hydrogen (secondary N) is 1. The van der Waals surface area contributed by atoms with Crippen molar-refractivity contribution in [1.29, 1.82) is 0 Å². The van der Waals surface area contributed by atoms with Crippen LogP contribution in [0.1, 0.15) is 24.0 Å². The molecule has 1 N–H and O–H groups in total. The van der Waals surface area contributed by atoms with Crippen molar-refractivity contribution in [3.05, 3.63) is 39.6 Å². The number of aromatic nitrogens is 3. The highest BCUT2D eigenvalue weighted by Gasteiger charge is 2.22. The Kier molecular flexibility index (Phi) is 4.13. The Morgan fingerprint density at radius 2 is 2.25 bits per heavy atom. The second-order valence-corrected chi connectivity index (χ2v) is 7.50. The van der Waals surface area contributed by atoms with E-state index >= 15 is 0 Å². The van der Waals surface area contributed by atoms with Gasteiger partial charge in [0.1, 0.15) is 17.7 Å². The molecule has 1 atom stereocenters. The zero-order valence-corrected chi connectivity index (χ0v) is 14.2. The van der Waals surface area contributed by atoms with Crippen LogP contribution in [0.4, 0.5) is 5.13 Å². The molecule has 1 saturated heterocycles. The van der Waals surface area contributed by atoms with Crippen molar-refractivity contribution in [2.24, 2.45) is 0 Å². The highest BCUT2D eigenvalue weighted by Crippen LogP contribution is 2.31. The number of nitrogens with zero attached hydrogens (tertiary/aromatic N) is 3. The Morgan fingerprint density at radius 3 is 3.04 bits per heavy atom. The first-order valence-corrected chi connectivity index (χ1v) is 9.13. The molecule has 9 heteroatoms. The minimum absolute atomic E-state index is 0.0154. The molecule has 0 saturated carbocycles. The fourth-order valence-corrected chi connectivity index (χ4v) is 4.44. The van der Waals surface area contributed by atoms with Crippen molar-refractivity contribution < 1.29 is 9.53 Å². The van der Waals surface area contributed by atoms with Gasteiger partial charge in [0, 0.05) is 6.61 Å². The van der Waals surface area contributed by atoms with E-state index in [1.807, 2.05) is 18.2 Å². The molecule has 0 aliphatic carbocycles. The molecule has 0 spiro atoms. The summed E-state index contributed by atoms with van der Waals surface area (Å²) in [6.45, 7) is 0.702. The SMILES string of the molecule is O=C(Cn1sc2ccccc2c1=O)Nc1nnc([C@@H]2CCCO2)s1. The van der Waals surface area contributed by atoms with Crippen LogP contribution in [0.5, 0.6) is 0 Å². The molecule has 1 aromatic carbocycles. The predicted octanol–water partition coefficient (Wildman–Crippen LogP) is 2.40. The van der Waals surface area contributed by atoms with E-state index in [2.05, 4.69) is 15.5 Å². The van der Waals surface area contributed by atoms with Crippen molar-refractivity contribution in [3.8, 4) is 0 Å². The maximum atomic E-state index is 12.2. The van der Waals surface area contributed by atoms with Gasteiger partial charge in [-0.2, -0.15) is 0 Å². The largest absolute Gasteiger partial charge is 0.371 e. The van der Waals surface area contributed by atoms with Crippen molar-refractivity contribution in [3.63, 3.8) is 0 Å². The van der Waals surface area contributed by atoms with E-state index in [1.165, 1.54) is 26.8 Å². The highest BCUT2D eigenvalue weighted by molar-refractivity contribution is 7.15.